The monoisotopic (exact) mass is 402 g/mol. The van der Waals surface area contributed by atoms with Crippen LogP contribution in [-0.2, 0) is 16.1 Å². The van der Waals surface area contributed by atoms with Crippen LogP contribution in [0.25, 0.3) is 0 Å². The fourth-order valence-corrected chi connectivity index (χ4v) is 4.57. The van der Waals surface area contributed by atoms with Crippen LogP contribution in [-0.4, -0.2) is 43.2 Å². The Kier molecular flexibility index (Phi) is 7.52. The number of hydrogen-bond donors (Lipinski definition) is 2. The van der Waals surface area contributed by atoms with Crippen molar-refractivity contribution in [3.63, 3.8) is 0 Å². The summed E-state index contributed by atoms with van der Waals surface area (Å²) in [6.07, 6.45) is 5.31. The van der Waals surface area contributed by atoms with Gasteiger partial charge in [0.05, 0.1) is 19.1 Å². The first-order valence-electron chi connectivity index (χ1n) is 9.03. The smallest absolute Gasteiger partial charge is 0.225 e. The average Bonchev–Trinajstić information content (AvgIpc) is 3.22. The Balaban J connectivity index is 0.00000121. The highest BCUT2D eigenvalue weighted by atomic mass is 35.5. The fourth-order valence-electron chi connectivity index (χ4n) is 4.57. The van der Waals surface area contributed by atoms with Crippen molar-refractivity contribution in [3.05, 3.63) is 23.9 Å². The lowest BCUT2D eigenvalue weighted by Crippen LogP contribution is -2.45. The van der Waals surface area contributed by atoms with Crippen molar-refractivity contribution < 1.29 is 9.53 Å². The molecular weight excluding hydrogens is 375 g/mol. The topological polar surface area (TPSA) is 80.5 Å². The SMILES string of the molecule is Cl.Cl.NC1C2CCC(C2)C1C(=O)NCc1ccnc(N2CCOCC2)c1. The molecule has 2 heterocycles. The van der Waals surface area contributed by atoms with Crippen LogP contribution in [0.4, 0.5) is 5.82 Å². The van der Waals surface area contributed by atoms with E-state index in [4.69, 9.17) is 10.5 Å². The van der Waals surface area contributed by atoms with E-state index in [0.29, 0.717) is 18.4 Å². The zero-order valence-corrected chi connectivity index (χ0v) is 16.4. The Morgan fingerprint density at radius 2 is 2.00 bits per heavy atom. The number of nitrogens with one attached hydrogen (secondary N) is 1. The lowest BCUT2D eigenvalue weighted by Gasteiger charge is -2.28. The number of amides is 1. The summed E-state index contributed by atoms with van der Waals surface area (Å²) < 4.78 is 5.38. The second kappa shape index (κ2) is 9.22. The molecule has 6 nitrogen and oxygen atoms in total. The van der Waals surface area contributed by atoms with Gasteiger partial charge in [0.15, 0.2) is 0 Å². The van der Waals surface area contributed by atoms with Gasteiger partial charge in [-0.1, -0.05) is 0 Å². The van der Waals surface area contributed by atoms with E-state index in [2.05, 4.69) is 21.3 Å². The quantitative estimate of drug-likeness (QED) is 0.801. The highest BCUT2D eigenvalue weighted by Crippen LogP contribution is 2.47. The van der Waals surface area contributed by atoms with Crippen molar-refractivity contribution in [3.8, 4) is 0 Å². The minimum Gasteiger partial charge on any atom is -0.378 e. The van der Waals surface area contributed by atoms with Crippen molar-refractivity contribution in [1.82, 2.24) is 10.3 Å². The molecular formula is C18H28Cl2N4O2. The van der Waals surface area contributed by atoms with Crippen LogP contribution in [0.3, 0.4) is 0 Å². The molecule has 3 aliphatic rings. The second-order valence-corrected chi connectivity index (χ2v) is 7.28. The van der Waals surface area contributed by atoms with E-state index in [-0.39, 0.29) is 42.7 Å². The van der Waals surface area contributed by atoms with Crippen LogP contribution in [0, 0.1) is 17.8 Å². The van der Waals surface area contributed by atoms with E-state index in [1.807, 2.05) is 12.3 Å². The molecule has 1 aliphatic heterocycles. The maximum Gasteiger partial charge on any atom is 0.225 e. The lowest BCUT2D eigenvalue weighted by atomic mass is 9.84. The van der Waals surface area contributed by atoms with Crippen molar-refractivity contribution in [2.75, 3.05) is 31.2 Å². The van der Waals surface area contributed by atoms with E-state index in [0.717, 1.165) is 50.5 Å². The predicted molar refractivity (Wildman–Crippen MR) is 106 cm³/mol. The second-order valence-electron chi connectivity index (χ2n) is 7.28. The maximum atomic E-state index is 12.6. The van der Waals surface area contributed by atoms with Gasteiger partial charge in [0.25, 0.3) is 0 Å². The number of aromatic nitrogens is 1. The standard InChI is InChI=1S/C18H26N4O2.2ClH/c19-17-14-2-1-13(10-14)16(17)18(23)21-11-12-3-4-20-15(9-12)22-5-7-24-8-6-22;;/h3-4,9,13-14,16-17H,1-2,5-8,10-11,19H2,(H,21,23);2*1H. The molecule has 3 fully saturated rings. The highest BCUT2D eigenvalue weighted by molar-refractivity contribution is 5.85. The first-order valence-corrected chi connectivity index (χ1v) is 9.03. The molecule has 8 heteroatoms. The van der Waals surface area contributed by atoms with Gasteiger partial charge in [-0.25, -0.2) is 4.98 Å². The Morgan fingerprint density at radius 3 is 2.69 bits per heavy atom. The van der Waals surface area contributed by atoms with Crippen LogP contribution >= 0.6 is 24.8 Å². The molecule has 4 rings (SSSR count). The van der Waals surface area contributed by atoms with Crippen LogP contribution in [0.5, 0.6) is 0 Å². The van der Waals surface area contributed by atoms with Gasteiger partial charge >= 0.3 is 0 Å². The molecule has 1 aromatic rings. The molecule has 0 spiro atoms. The molecule has 0 aromatic carbocycles. The van der Waals surface area contributed by atoms with Crippen molar-refractivity contribution >= 4 is 36.5 Å². The summed E-state index contributed by atoms with van der Waals surface area (Å²) in [5.74, 6) is 2.14. The minimum atomic E-state index is 0. The molecule has 4 atom stereocenters. The summed E-state index contributed by atoms with van der Waals surface area (Å²) in [6.45, 7) is 3.75. The molecule has 2 aliphatic carbocycles. The highest BCUT2D eigenvalue weighted by Gasteiger charge is 2.48. The number of fused-ring (bicyclic) bond motifs is 2. The van der Waals surface area contributed by atoms with Gasteiger partial charge in [0.1, 0.15) is 5.82 Å². The van der Waals surface area contributed by atoms with Crippen LogP contribution in [0.15, 0.2) is 18.3 Å². The summed E-state index contributed by atoms with van der Waals surface area (Å²) >= 11 is 0. The van der Waals surface area contributed by atoms with E-state index in [1.165, 1.54) is 6.42 Å². The van der Waals surface area contributed by atoms with E-state index >= 15 is 0 Å². The van der Waals surface area contributed by atoms with Crippen molar-refractivity contribution in [2.45, 2.75) is 31.8 Å². The third-order valence-corrected chi connectivity index (χ3v) is 5.90. The molecule has 2 saturated carbocycles. The minimum absolute atomic E-state index is 0. The normalized spacial score (nSPS) is 29.7. The van der Waals surface area contributed by atoms with Crippen molar-refractivity contribution in [2.24, 2.45) is 23.5 Å². The summed E-state index contributed by atoms with van der Waals surface area (Å²) in [5, 5.41) is 3.10. The third kappa shape index (κ3) is 4.25. The zero-order chi connectivity index (χ0) is 16.5. The van der Waals surface area contributed by atoms with Crippen LogP contribution < -0.4 is 16.0 Å². The number of carbonyl (C=O) groups excluding carboxylic acids is 1. The average molecular weight is 403 g/mol. The van der Waals surface area contributed by atoms with Crippen LogP contribution in [0.1, 0.15) is 24.8 Å². The van der Waals surface area contributed by atoms with Gasteiger partial charge in [-0.2, -0.15) is 0 Å². The number of anilines is 1. The number of nitrogens with two attached hydrogens (primary N) is 1. The molecule has 1 saturated heterocycles. The number of hydrogen-bond acceptors (Lipinski definition) is 5. The number of morpholine rings is 1. The van der Waals surface area contributed by atoms with Gasteiger partial charge in [-0.15, -0.1) is 24.8 Å². The van der Waals surface area contributed by atoms with Gasteiger partial charge in [0.2, 0.25) is 5.91 Å². The summed E-state index contributed by atoms with van der Waals surface area (Å²) in [7, 11) is 0. The van der Waals surface area contributed by atoms with Crippen molar-refractivity contribution in [1.29, 1.82) is 0 Å². The van der Waals surface area contributed by atoms with E-state index in [1.54, 1.807) is 0 Å². The Hall–Kier alpha value is -1.08. The molecule has 1 aromatic heterocycles. The van der Waals surface area contributed by atoms with Gasteiger partial charge < -0.3 is 20.7 Å². The zero-order valence-electron chi connectivity index (χ0n) is 14.8. The Labute approximate surface area is 167 Å². The van der Waals surface area contributed by atoms with E-state index in [9.17, 15) is 4.79 Å². The van der Waals surface area contributed by atoms with Crippen LogP contribution in [0.2, 0.25) is 0 Å². The molecule has 146 valence electrons. The molecule has 1 amide bonds. The third-order valence-electron chi connectivity index (χ3n) is 5.90. The molecule has 26 heavy (non-hydrogen) atoms. The van der Waals surface area contributed by atoms with Gasteiger partial charge in [-0.05, 0) is 48.8 Å². The van der Waals surface area contributed by atoms with Gasteiger partial charge in [0, 0.05) is 31.9 Å². The Morgan fingerprint density at radius 1 is 1.27 bits per heavy atom. The van der Waals surface area contributed by atoms with E-state index < -0.39 is 0 Å². The maximum absolute atomic E-state index is 12.6. The number of rotatable bonds is 4. The first kappa shape index (κ1) is 21.2. The summed E-state index contributed by atoms with van der Waals surface area (Å²) in [6, 6.07) is 4.07. The predicted octanol–water partition coefficient (Wildman–Crippen LogP) is 1.75. The number of nitrogens with zero attached hydrogens (tertiary/aromatic N) is 2. The lowest BCUT2D eigenvalue weighted by molar-refractivity contribution is -0.127. The number of carbonyl (C=O) groups is 1. The number of ether oxygens (including phenoxy) is 1. The summed E-state index contributed by atoms with van der Waals surface area (Å²) in [4.78, 5) is 19.2. The first-order chi connectivity index (χ1) is 11.7. The molecule has 3 N–H and O–H groups in total. The number of halogens is 2. The molecule has 4 unspecified atom stereocenters. The largest absolute Gasteiger partial charge is 0.378 e. The summed E-state index contributed by atoms with van der Waals surface area (Å²) in [5.41, 5.74) is 7.35. The van der Waals surface area contributed by atoms with Gasteiger partial charge in [-0.3, -0.25) is 4.79 Å². The molecule has 0 radical (unpaired) electrons. The molecule has 2 bridgehead atoms. The Bertz CT molecular complexity index is 611. The number of pyridine rings is 1. The fraction of sp³-hybridized carbons (Fsp3) is 0.667.